The third kappa shape index (κ3) is 1.36. The van der Waals surface area contributed by atoms with E-state index in [2.05, 4.69) is 5.32 Å². The van der Waals surface area contributed by atoms with Gasteiger partial charge in [-0.25, -0.2) is 0 Å². The summed E-state index contributed by atoms with van der Waals surface area (Å²) in [4.78, 5) is 21.3. The van der Waals surface area contributed by atoms with E-state index >= 15 is 0 Å². The molecule has 1 aliphatic rings. The van der Waals surface area contributed by atoms with Crippen LogP contribution < -0.4 is 5.32 Å². The summed E-state index contributed by atoms with van der Waals surface area (Å²) in [6.07, 6.45) is 0. The maximum absolute atomic E-state index is 10.7. The fourth-order valence-electron chi connectivity index (χ4n) is 0.525. The maximum Gasteiger partial charge on any atom is 0.241 e. The lowest BCUT2D eigenvalue weighted by Crippen LogP contribution is -2.22. The van der Waals surface area contributed by atoms with E-state index < -0.39 is 0 Å². The van der Waals surface area contributed by atoms with Crippen molar-refractivity contribution in [2.75, 3.05) is 0 Å². The lowest BCUT2D eigenvalue weighted by Gasteiger charge is -1.95. The second-order valence-corrected chi connectivity index (χ2v) is 4.34. The molecule has 0 aliphatic carbocycles. The summed E-state index contributed by atoms with van der Waals surface area (Å²) >= 11 is 3.92. The van der Waals surface area contributed by atoms with Crippen LogP contribution in [0.1, 0.15) is 0 Å². The van der Waals surface area contributed by atoms with Gasteiger partial charge in [-0.05, 0) is 0 Å². The molecule has 1 fully saturated rings. The summed E-state index contributed by atoms with van der Waals surface area (Å²) in [5.74, 6) is -0.333. The van der Waals surface area contributed by atoms with Gasteiger partial charge in [0.2, 0.25) is 11.8 Å². The van der Waals surface area contributed by atoms with Crippen LogP contribution in [0.15, 0.2) is 0 Å². The molecule has 2 atom stereocenters. The first-order valence-corrected chi connectivity index (χ1v) is 4.75. The molecule has 0 aromatic carbocycles. The molecule has 0 spiro atoms. The Bertz CT molecular complexity index is 152. The van der Waals surface area contributed by atoms with Crippen LogP contribution in [-0.4, -0.2) is 19.7 Å². The molecule has 0 bridgehead atoms. The molecule has 0 radical (unpaired) electrons. The Morgan fingerprint density at radius 1 is 1.11 bits per heavy atom. The van der Waals surface area contributed by atoms with E-state index in [0.717, 1.165) is 0 Å². The molecule has 5 heteroatoms. The first-order chi connectivity index (χ1) is 4.13. The number of halogens is 2. The van der Waals surface area contributed by atoms with Gasteiger partial charge in [-0.1, -0.05) is 45.2 Å². The normalized spacial score (nSPS) is 34.9. The fraction of sp³-hybridized carbons (Fsp3) is 0.500. The van der Waals surface area contributed by atoms with E-state index in [-0.39, 0.29) is 19.7 Å². The van der Waals surface area contributed by atoms with Crippen molar-refractivity contribution in [2.24, 2.45) is 0 Å². The Hall–Kier alpha value is 0.600. The maximum atomic E-state index is 10.7. The number of alkyl halides is 2. The Morgan fingerprint density at radius 3 is 1.56 bits per heavy atom. The minimum absolute atomic E-state index is 0.167. The van der Waals surface area contributed by atoms with Gasteiger partial charge in [-0.15, -0.1) is 0 Å². The van der Waals surface area contributed by atoms with Gasteiger partial charge >= 0.3 is 0 Å². The van der Waals surface area contributed by atoms with Crippen molar-refractivity contribution >= 4 is 57.0 Å². The number of carbonyl (C=O) groups excluding carboxylic acids is 2. The van der Waals surface area contributed by atoms with Crippen molar-refractivity contribution < 1.29 is 9.59 Å². The number of nitrogens with one attached hydrogen (secondary N) is 1. The van der Waals surface area contributed by atoms with Gasteiger partial charge in [0.1, 0.15) is 7.85 Å². The third-order valence-corrected chi connectivity index (χ3v) is 4.95. The topological polar surface area (TPSA) is 46.2 Å². The van der Waals surface area contributed by atoms with Crippen LogP contribution in [0.3, 0.4) is 0 Å². The summed E-state index contributed by atoms with van der Waals surface area (Å²) in [6, 6.07) is 0. The van der Waals surface area contributed by atoms with Gasteiger partial charge in [0.25, 0.3) is 0 Å². The van der Waals surface area contributed by atoms with Crippen LogP contribution in [0.4, 0.5) is 0 Å². The average Bonchev–Trinajstić information content (AvgIpc) is 1.98. The monoisotopic (exact) mass is 351 g/mol. The number of imide groups is 1. The number of rotatable bonds is 0. The van der Waals surface area contributed by atoms with Gasteiger partial charge in [0, 0.05) is 0 Å². The standard InChI is InChI=1S/C4H3I2NO2/c5-1-2(6)4(9)7-3(1)8/h1-2H,(H,7,8,9). The number of carbonyl (C=O) groups is 2. The number of hydrogen-bond acceptors (Lipinski definition) is 2. The van der Waals surface area contributed by atoms with E-state index in [1.54, 1.807) is 0 Å². The van der Waals surface area contributed by atoms with E-state index in [9.17, 15) is 9.59 Å². The summed E-state index contributed by atoms with van der Waals surface area (Å²) in [7, 11) is 0. The van der Waals surface area contributed by atoms with Crippen molar-refractivity contribution in [3.8, 4) is 0 Å². The molecular weight excluding hydrogens is 348 g/mol. The Balaban J connectivity index is 2.77. The Labute approximate surface area is 79.2 Å². The van der Waals surface area contributed by atoms with E-state index in [4.69, 9.17) is 0 Å². The Morgan fingerprint density at radius 2 is 1.44 bits per heavy atom. The van der Waals surface area contributed by atoms with Crippen LogP contribution in [0.2, 0.25) is 0 Å². The molecule has 1 aliphatic heterocycles. The number of hydrogen-bond donors (Lipinski definition) is 1. The largest absolute Gasteiger partial charge is 0.295 e. The molecule has 1 saturated heterocycles. The Kier molecular flexibility index (Phi) is 2.30. The summed E-state index contributed by atoms with van der Waals surface area (Å²) < 4.78 is -0.369. The zero-order chi connectivity index (χ0) is 7.02. The molecule has 3 nitrogen and oxygen atoms in total. The lowest BCUT2D eigenvalue weighted by atomic mass is 10.4. The van der Waals surface area contributed by atoms with Crippen LogP contribution in [0.25, 0.3) is 0 Å². The average molecular weight is 351 g/mol. The predicted octanol–water partition coefficient (Wildman–Crippen LogP) is 0.250. The first-order valence-electron chi connectivity index (χ1n) is 2.26. The minimum Gasteiger partial charge on any atom is -0.295 e. The highest BCUT2D eigenvalue weighted by Crippen LogP contribution is 2.20. The third-order valence-electron chi connectivity index (χ3n) is 1.00. The molecule has 2 unspecified atom stereocenters. The second-order valence-electron chi connectivity index (χ2n) is 1.66. The van der Waals surface area contributed by atoms with Gasteiger partial charge in [-0.2, -0.15) is 0 Å². The number of amides is 2. The van der Waals surface area contributed by atoms with Gasteiger partial charge in [0.15, 0.2) is 0 Å². The highest BCUT2D eigenvalue weighted by Gasteiger charge is 2.37. The van der Waals surface area contributed by atoms with Crippen LogP contribution >= 0.6 is 45.2 Å². The fourth-order valence-corrected chi connectivity index (χ4v) is 1.49. The summed E-state index contributed by atoms with van der Waals surface area (Å²) in [5, 5.41) is 2.22. The van der Waals surface area contributed by atoms with Gasteiger partial charge in [0.05, 0.1) is 0 Å². The van der Waals surface area contributed by atoms with Crippen molar-refractivity contribution in [2.45, 2.75) is 7.85 Å². The lowest BCUT2D eigenvalue weighted by molar-refractivity contribution is -0.124. The molecule has 2 amide bonds. The molecule has 1 rings (SSSR count). The SMILES string of the molecule is O=C1NC(=O)C(I)C1I. The molecule has 0 saturated carbocycles. The minimum atomic E-state index is -0.185. The molecule has 1 N–H and O–H groups in total. The quantitative estimate of drug-likeness (QED) is 0.387. The molecule has 1 heterocycles. The van der Waals surface area contributed by atoms with Gasteiger partial charge in [-0.3, -0.25) is 14.9 Å². The van der Waals surface area contributed by atoms with Crippen molar-refractivity contribution in [3.05, 3.63) is 0 Å². The molecule has 9 heavy (non-hydrogen) atoms. The molecular formula is C4H3I2NO2. The van der Waals surface area contributed by atoms with Crippen molar-refractivity contribution in [1.82, 2.24) is 5.32 Å². The predicted molar refractivity (Wildman–Crippen MR) is 48.8 cm³/mol. The van der Waals surface area contributed by atoms with Crippen LogP contribution in [0.5, 0.6) is 0 Å². The van der Waals surface area contributed by atoms with E-state index in [1.807, 2.05) is 45.2 Å². The van der Waals surface area contributed by atoms with Gasteiger partial charge < -0.3 is 0 Å². The van der Waals surface area contributed by atoms with E-state index in [0.29, 0.717) is 0 Å². The van der Waals surface area contributed by atoms with Crippen LogP contribution in [-0.2, 0) is 9.59 Å². The highest BCUT2D eigenvalue weighted by molar-refractivity contribution is 14.1. The smallest absolute Gasteiger partial charge is 0.241 e. The zero-order valence-corrected chi connectivity index (χ0v) is 8.54. The highest BCUT2D eigenvalue weighted by atomic mass is 127. The van der Waals surface area contributed by atoms with Crippen LogP contribution in [0, 0.1) is 0 Å². The first kappa shape index (κ1) is 7.70. The molecule has 0 aromatic rings. The zero-order valence-electron chi connectivity index (χ0n) is 4.23. The summed E-state index contributed by atoms with van der Waals surface area (Å²) in [5.41, 5.74) is 0. The summed E-state index contributed by atoms with van der Waals surface area (Å²) in [6.45, 7) is 0. The molecule has 50 valence electrons. The van der Waals surface area contributed by atoms with Crippen molar-refractivity contribution in [1.29, 1.82) is 0 Å². The van der Waals surface area contributed by atoms with E-state index in [1.165, 1.54) is 0 Å². The second kappa shape index (κ2) is 2.69. The molecule has 0 aromatic heterocycles. The van der Waals surface area contributed by atoms with Crippen molar-refractivity contribution in [3.63, 3.8) is 0 Å².